The van der Waals surface area contributed by atoms with Gasteiger partial charge in [-0.15, -0.1) is 0 Å². The molecule has 0 spiro atoms. The average Bonchev–Trinajstić information content (AvgIpc) is 2.62. The highest BCUT2D eigenvalue weighted by Gasteiger charge is 2.49. The van der Waals surface area contributed by atoms with Gasteiger partial charge in [-0.3, -0.25) is 0 Å². The number of alkyl carbamates (subject to hydrolysis) is 1. The Morgan fingerprint density at radius 1 is 1.56 bits per heavy atom. The molecule has 84 valence electrons. The molecule has 1 atom stereocenters. The van der Waals surface area contributed by atoms with Crippen molar-refractivity contribution in [2.45, 2.75) is 12.5 Å². The van der Waals surface area contributed by atoms with Gasteiger partial charge in [-0.2, -0.15) is 0 Å². The minimum absolute atomic E-state index is 0.0510. The molecule has 0 saturated carbocycles. The summed E-state index contributed by atoms with van der Waals surface area (Å²) in [4.78, 5) is 22.3. The molecule has 1 saturated heterocycles. The smallest absolute Gasteiger partial charge is 0.408 e. The molecule has 0 aromatic heterocycles. The van der Waals surface area contributed by atoms with Gasteiger partial charge in [0, 0.05) is 5.56 Å². The number of cyclic esters (lactones) is 1. The number of amides is 1. The van der Waals surface area contributed by atoms with Gasteiger partial charge in [-0.1, -0.05) is 29.8 Å². The number of benzene rings is 1. The van der Waals surface area contributed by atoms with Crippen molar-refractivity contribution in [1.82, 2.24) is 5.32 Å². The summed E-state index contributed by atoms with van der Waals surface area (Å²) in [6.45, 7) is 1.80. The Bertz CT molecular complexity index is 457. The van der Waals surface area contributed by atoms with E-state index in [2.05, 4.69) is 5.32 Å². The van der Waals surface area contributed by atoms with E-state index in [0.29, 0.717) is 5.56 Å². The summed E-state index contributed by atoms with van der Waals surface area (Å²) in [6, 6.07) is 6.93. The third kappa shape index (κ3) is 1.50. The number of hydrogen-bond acceptors (Lipinski definition) is 3. The number of ether oxygens (including phenoxy) is 1. The highest BCUT2D eigenvalue weighted by Crippen LogP contribution is 2.29. The Hall–Kier alpha value is -2.04. The molecule has 5 heteroatoms. The van der Waals surface area contributed by atoms with Gasteiger partial charge in [0.25, 0.3) is 5.60 Å². The number of carboxylic acid groups (broad SMARTS) is 1. The Balaban J connectivity index is 2.48. The molecule has 0 bridgehead atoms. The standard InChI is InChI=1S/C11H11NO4/c1-7-3-2-4-8(5-7)11(9(13)14)6-12-10(15)16-11/h2-5H,6H2,1H3,(H,12,15)(H,13,14). The third-order valence-electron chi connectivity index (χ3n) is 2.58. The van der Waals surface area contributed by atoms with Crippen molar-refractivity contribution in [2.24, 2.45) is 0 Å². The Morgan fingerprint density at radius 3 is 2.81 bits per heavy atom. The first kappa shape index (κ1) is 10.5. The fourth-order valence-electron chi connectivity index (χ4n) is 1.73. The average molecular weight is 221 g/mol. The van der Waals surface area contributed by atoms with Crippen LogP contribution in [0.2, 0.25) is 0 Å². The molecule has 1 aromatic carbocycles. The van der Waals surface area contributed by atoms with Crippen LogP contribution in [0.3, 0.4) is 0 Å². The second-order valence-corrected chi connectivity index (χ2v) is 3.74. The molecule has 2 rings (SSSR count). The summed E-state index contributed by atoms with van der Waals surface area (Å²) in [6.07, 6.45) is -0.705. The number of carbonyl (C=O) groups is 2. The highest BCUT2D eigenvalue weighted by molar-refractivity contribution is 5.86. The van der Waals surface area contributed by atoms with E-state index in [0.717, 1.165) is 5.56 Å². The van der Waals surface area contributed by atoms with E-state index in [1.807, 2.05) is 13.0 Å². The van der Waals surface area contributed by atoms with E-state index in [-0.39, 0.29) is 6.54 Å². The van der Waals surface area contributed by atoms with Crippen LogP contribution in [0.15, 0.2) is 24.3 Å². The van der Waals surface area contributed by atoms with Crippen LogP contribution >= 0.6 is 0 Å². The monoisotopic (exact) mass is 221 g/mol. The molecule has 5 nitrogen and oxygen atoms in total. The van der Waals surface area contributed by atoms with Crippen LogP contribution < -0.4 is 5.32 Å². The van der Waals surface area contributed by atoms with Gasteiger partial charge in [0.2, 0.25) is 0 Å². The largest absolute Gasteiger partial charge is 0.478 e. The maximum atomic E-state index is 11.3. The minimum Gasteiger partial charge on any atom is -0.478 e. The fourth-order valence-corrected chi connectivity index (χ4v) is 1.73. The van der Waals surface area contributed by atoms with Crippen molar-refractivity contribution < 1.29 is 19.4 Å². The van der Waals surface area contributed by atoms with Crippen molar-refractivity contribution in [1.29, 1.82) is 0 Å². The van der Waals surface area contributed by atoms with Crippen molar-refractivity contribution in [3.8, 4) is 0 Å². The lowest BCUT2D eigenvalue weighted by molar-refractivity contribution is -0.155. The third-order valence-corrected chi connectivity index (χ3v) is 2.58. The van der Waals surface area contributed by atoms with E-state index in [1.54, 1.807) is 18.2 Å². The first-order chi connectivity index (χ1) is 7.54. The molecular formula is C11H11NO4. The Labute approximate surface area is 92.0 Å². The van der Waals surface area contributed by atoms with Crippen LogP contribution in [0.1, 0.15) is 11.1 Å². The SMILES string of the molecule is Cc1cccc(C2(C(=O)O)CNC(=O)O2)c1. The minimum atomic E-state index is -1.59. The second-order valence-electron chi connectivity index (χ2n) is 3.74. The molecule has 1 aromatic rings. The Morgan fingerprint density at radius 2 is 2.31 bits per heavy atom. The zero-order valence-electron chi connectivity index (χ0n) is 8.69. The molecule has 0 aliphatic carbocycles. The number of rotatable bonds is 2. The first-order valence-electron chi connectivity index (χ1n) is 4.82. The van der Waals surface area contributed by atoms with Gasteiger partial charge in [-0.25, -0.2) is 9.59 Å². The van der Waals surface area contributed by atoms with Crippen LogP contribution in [0.5, 0.6) is 0 Å². The summed E-state index contributed by atoms with van der Waals surface area (Å²) < 4.78 is 4.90. The molecular weight excluding hydrogens is 210 g/mol. The zero-order chi connectivity index (χ0) is 11.8. The van der Waals surface area contributed by atoms with E-state index in [4.69, 9.17) is 4.74 Å². The zero-order valence-corrected chi connectivity index (χ0v) is 8.69. The fraction of sp³-hybridized carbons (Fsp3) is 0.273. The topological polar surface area (TPSA) is 75.6 Å². The van der Waals surface area contributed by atoms with E-state index in [1.165, 1.54) is 0 Å². The summed E-state index contributed by atoms with van der Waals surface area (Å²) >= 11 is 0. The summed E-state index contributed by atoms with van der Waals surface area (Å²) in [5.74, 6) is -1.17. The van der Waals surface area contributed by atoms with Crippen molar-refractivity contribution in [3.05, 3.63) is 35.4 Å². The quantitative estimate of drug-likeness (QED) is 0.781. The number of nitrogens with one attached hydrogen (secondary N) is 1. The van der Waals surface area contributed by atoms with Crippen LogP contribution in [-0.2, 0) is 15.1 Å². The molecule has 1 fully saturated rings. The van der Waals surface area contributed by atoms with Crippen LogP contribution in [-0.4, -0.2) is 23.7 Å². The van der Waals surface area contributed by atoms with Crippen LogP contribution in [0.4, 0.5) is 4.79 Å². The highest BCUT2D eigenvalue weighted by atomic mass is 16.6. The van der Waals surface area contributed by atoms with E-state index < -0.39 is 17.7 Å². The maximum absolute atomic E-state index is 11.3. The number of carbonyl (C=O) groups excluding carboxylic acids is 1. The maximum Gasteiger partial charge on any atom is 0.408 e. The normalized spacial score (nSPS) is 23.7. The summed E-state index contributed by atoms with van der Waals surface area (Å²) in [5, 5.41) is 11.6. The van der Waals surface area contributed by atoms with Gasteiger partial charge >= 0.3 is 12.1 Å². The van der Waals surface area contributed by atoms with E-state index >= 15 is 0 Å². The summed E-state index contributed by atoms with van der Waals surface area (Å²) in [5.41, 5.74) is -0.206. The molecule has 1 unspecified atom stereocenters. The second kappa shape index (κ2) is 3.52. The Kier molecular flexibility index (Phi) is 2.30. The van der Waals surface area contributed by atoms with Crippen LogP contribution in [0.25, 0.3) is 0 Å². The lowest BCUT2D eigenvalue weighted by Crippen LogP contribution is -2.39. The van der Waals surface area contributed by atoms with Gasteiger partial charge in [-0.05, 0) is 6.92 Å². The lowest BCUT2D eigenvalue weighted by Gasteiger charge is -2.21. The lowest BCUT2D eigenvalue weighted by atomic mass is 9.93. The van der Waals surface area contributed by atoms with Crippen LogP contribution in [0, 0.1) is 6.92 Å². The molecule has 1 heterocycles. The van der Waals surface area contributed by atoms with E-state index in [9.17, 15) is 14.7 Å². The molecule has 0 radical (unpaired) electrons. The van der Waals surface area contributed by atoms with Crippen molar-refractivity contribution in [3.63, 3.8) is 0 Å². The number of aryl methyl sites for hydroxylation is 1. The number of hydrogen-bond donors (Lipinski definition) is 2. The van der Waals surface area contributed by atoms with Gasteiger partial charge in [0.05, 0.1) is 6.54 Å². The molecule has 16 heavy (non-hydrogen) atoms. The number of aliphatic carboxylic acids is 1. The predicted octanol–water partition coefficient (Wildman–Crippen LogP) is 1.01. The van der Waals surface area contributed by atoms with Gasteiger partial charge in [0.1, 0.15) is 0 Å². The molecule has 1 amide bonds. The number of carboxylic acids is 1. The molecule has 1 aliphatic heterocycles. The summed E-state index contributed by atoms with van der Waals surface area (Å²) in [7, 11) is 0. The predicted molar refractivity (Wildman–Crippen MR) is 55.0 cm³/mol. The van der Waals surface area contributed by atoms with Crippen molar-refractivity contribution >= 4 is 12.1 Å². The first-order valence-corrected chi connectivity index (χ1v) is 4.82. The van der Waals surface area contributed by atoms with Crippen molar-refractivity contribution in [2.75, 3.05) is 6.54 Å². The molecule has 1 aliphatic rings. The van der Waals surface area contributed by atoms with Gasteiger partial charge < -0.3 is 15.2 Å². The molecule has 2 N–H and O–H groups in total. The van der Waals surface area contributed by atoms with Gasteiger partial charge in [0.15, 0.2) is 0 Å².